The minimum Gasteiger partial charge on any atom is -0.524 e. The van der Waals surface area contributed by atoms with Gasteiger partial charge in [-0.1, -0.05) is 13.1 Å². The molecule has 0 amide bonds. The first kappa shape index (κ1) is 8.29. The Morgan fingerprint density at radius 3 is 1.86 bits per heavy atom. The largest absolute Gasteiger partial charge is 0.714 e. The Bertz CT molecular complexity index is 45.0. The zero-order valence-corrected chi connectivity index (χ0v) is 8.14. The molecule has 0 saturated carbocycles. The molecule has 0 aromatic carbocycles. The predicted molar refractivity (Wildman–Crippen MR) is 37.4 cm³/mol. The van der Waals surface area contributed by atoms with Crippen LogP contribution in [0.25, 0.3) is 0 Å². The summed E-state index contributed by atoms with van der Waals surface area (Å²) < 4.78 is 5.06. The molecule has 0 N–H and O–H groups in total. The van der Waals surface area contributed by atoms with E-state index in [9.17, 15) is 0 Å². The minimum absolute atomic E-state index is 0.931. The third-order valence-electron chi connectivity index (χ3n) is 0.375. The minimum atomic E-state index is -1.72. The summed E-state index contributed by atoms with van der Waals surface area (Å²) in [4.78, 5) is 0. The third kappa shape index (κ3) is 7.29. The molecule has 0 aromatic heterocycles. The van der Waals surface area contributed by atoms with Crippen LogP contribution in [0.15, 0.2) is 0 Å². The van der Waals surface area contributed by atoms with Gasteiger partial charge in [-0.3, -0.25) is 0 Å². The first-order valence-electron chi connectivity index (χ1n) is 2.06. The van der Waals surface area contributed by atoms with E-state index in [0.29, 0.717) is 0 Å². The summed E-state index contributed by atoms with van der Waals surface area (Å²) in [7, 11) is 9.85. The van der Waals surface area contributed by atoms with E-state index < -0.39 is 21.7 Å². The van der Waals surface area contributed by atoms with Crippen LogP contribution in [0.5, 0.6) is 0 Å². The molecule has 0 bridgehead atoms. The fourth-order valence-electron chi connectivity index (χ4n) is 0.206. The van der Waals surface area contributed by atoms with Crippen molar-refractivity contribution in [2.75, 3.05) is 0 Å². The Labute approximate surface area is 58.4 Å². The average Bonchev–Trinajstić information content (AvgIpc) is 1.27. The highest BCUT2D eigenvalue weighted by Crippen LogP contribution is 1.98. The molecule has 0 aliphatic heterocycles. The third-order valence-corrected chi connectivity index (χ3v) is 5.23. The normalized spacial score (nSPS) is 9.86. The molecule has 0 aliphatic rings. The number of halogens is 2. The van der Waals surface area contributed by atoms with Crippen LogP contribution in [0.3, 0.4) is 0 Å². The van der Waals surface area contributed by atoms with Crippen molar-refractivity contribution in [1.82, 2.24) is 0 Å². The fourth-order valence-corrected chi connectivity index (χ4v) is 5.55. The van der Waals surface area contributed by atoms with E-state index in [1.165, 1.54) is 0 Å². The van der Waals surface area contributed by atoms with Gasteiger partial charge in [-0.25, -0.2) is 20.1 Å². The molecule has 0 spiro atoms. The summed E-state index contributed by atoms with van der Waals surface area (Å²) >= 11 is -1.72. The highest BCUT2D eigenvalue weighted by atomic mass is 35.7. The van der Waals surface area contributed by atoms with Crippen molar-refractivity contribution in [2.45, 2.75) is 13.1 Å². The van der Waals surface area contributed by atoms with Gasteiger partial charge in [-0.2, -0.15) is 0 Å². The lowest BCUT2D eigenvalue weighted by atomic mass is 11.9. The van der Waals surface area contributed by atoms with E-state index in [1.54, 1.807) is 0 Å². The second-order valence-corrected chi connectivity index (χ2v) is 8.20. The first-order valence-corrected chi connectivity index (χ1v) is 8.81. The molecular weight excluding hydrogens is 166 g/mol. The van der Waals surface area contributed by atoms with Gasteiger partial charge in [0.25, 0.3) is 0 Å². The Hall–Kier alpha value is 1.29. The maximum Gasteiger partial charge on any atom is 0.714 e. The number of hydrogen-bond acceptors (Lipinski definition) is 1. The summed E-state index contributed by atoms with van der Waals surface area (Å²) in [5, 5.41) is 0. The van der Waals surface area contributed by atoms with Gasteiger partial charge in [-0.15, -0.1) is 0 Å². The summed E-state index contributed by atoms with van der Waals surface area (Å²) in [6, 6.07) is 0. The second kappa shape index (κ2) is 4.20. The van der Waals surface area contributed by atoms with Crippen molar-refractivity contribution in [3.05, 3.63) is 0 Å². The van der Waals surface area contributed by atoms with Crippen molar-refractivity contribution in [1.29, 1.82) is 0 Å². The molecular formula is C2H7AlCl2OSi. The van der Waals surface area contributed by atoms with Crippen LogP contribution in [0, 0.1) is 0 Å². The van der Waals surface area contributed by atoms with Gasteiger partial charge < -0.3 is 3.48 Å². The monoisotopic (exact) mass is 172 g/mol. The van der Waals surface area contributed by atoms with Crippen LogP contribution < -0.4 is 0 Å². The molecule has 0 atom stereocenters. The molecule has 1 nitrogen and oxygen atoms in total. The van der Waals surface area contributed by atoms with Crippen molar-refractivity contribution >= 4 is 41.8 Å². The fraction of sp³-hybridized carbons (Fsp3) is 1.00. The van der Waals surface area contributed by atoms with Gasteiger partial charge >= 0.3 is 12.6 Å². The van der Waals surface area contributed by atoms with E-state index >= 15 is 0 Å². The van der Waals surface area contributed by atoms with Gasteiger partial charge in [0.05, 0.1) is 0 Å². The molecule has 42 valence electrons. The standard InChI is InChI=1S/C2H7OSi.Al.2ClH/c1-4(2)3;;;/h4H,1-2H3;;2*1H/q-1;+3;;/p-2. The van der Waals surface area contributed by atoms with Crippen molar-refractivity contribution in [3.63, 3.8) is 0 Å². The van der Waals surface area contributed by atoms with Crippen molar-refractivity contribution in [2.24, 2.45) is 0 Å². The van der Waals surface area contributed by atoms with E-state index in [1.807, 2.05) is 13.1 Å². The van der Waals surface area contributed by atoms with Gasteiger partial charge in [0.2, 0.25) is 0 Å². The lowest BCUT2D eigenvalue weighted by Gasteiger charge is -2.01. The first-order chi connectivity index (χ1) is 3.13. The summed E-state index contributed by atoms with van der Waals surface area (Å²) in [6.07, 6.45) is 0. The summed E-state index contributed by atoms with van der Waals surface area (Å²) in [5.41, 5.74) is 0. The second-order valence-electron chi connectivity index (χ2n) is 1.45. The molecule has 7 heavy (non-hydrogen) atoms. The van der Waals surface area contributed by atoms with Gasteiger partial charge in [0.1, 0.15) is 9.04 Å². The van der Waals surface area contributed by atoms with E-state index in [2.05, 4.69) is 0 Å². The molecule has 0 rings (SSSR count). The average molecular weight is 173 g/mol. The number of rotatable bonds is 2. The maximum absolute atomic E-state index is 5.39. The summed E-state index contributed by atoms with van der Waals surface area (Å²) in [6.45, 7) is 4.09. The Morgan fingerprint density at radius 2 is 1.86 bits per heavy atom. The Balaban J connectivity index is 2.95. The van der Waals surface area contributed by atoms with Crippen LogP contribution in [-0.2, 0) is 3.48 Å². The quantitative estimate of drug-likeness (QED) is 0.574. The van der Waals surface area contributed by atoms with Gasteiger partial charge in [0, 0.05) is 0 Å². The van der Waals surface area contributed by atoms with Crippen LogP contribution in [-0.4, -0.2) is 21.7 Å². The lowest BCUT2D eigenvalue weighted by Crippen LogP contribution is -2.13. The maximum atomic E-state index is 5.39. The topological polar surface area (TPSA) is 9.23 Å². The van der Waals surface area contributed by atoms with Crippen LogP contribution in [0.4, 0.5) is 0 Å². The van der Waals surface area contributed by atoms with Crippen LogP contribution in [0.2, 0.25) is 13.1 Å². The van der Waals surface area contributed by atoms with E-state index in [-0.39, 0.29) is 0 Å². The van der Waals surface area contributed by atoms with E-state index in [0.717, 1.165) is 0 Å². The highest BCUT2D eigenvalue weighted by Gasteiger charge is 2.14. The van der Waals surface area contributed by atoms with Crippen molar-refractivity contribution in [3.8, 4) is 0 Å². The molecule has 0 aliphatic carbocycles. The Morgan fingerprint density at radius 1 is 1.43 bits per heavy atom. The zero-order valence-electron chi connectivity index (χ0n) is 4.32. The predicted octanol–water partition coefficient (Wildman–Crippen LogP) is 1.45. The molecule has 0 heterocycles. The smallest absolute Gasteiger partial charge is 0.524 e. The van der Waals surface area contributed by atoms with E-state index in [4.69, 9.17) is 23.6 Å². The lowest BCUT2D eigenvalue weighted by molar-refractivity contribution is 0.634. The molecule has 5 heteroatoms. The molecule has 0 radical (unpaired) electrons. The summed E-state index contributed by atoms with van der Waals surface area (Å²) in [5.74, 6) is 0. The molecule has 0 aromatic rings. The zero-order chi connectivity index (χ0) is 5.86. The van der Waals surface area contributed by atoms with Crippen LogP contribution in [0.1, 0.15) is 0 Å². The molecule has 0 fully saturated rings. The van der Waals surface area contributed by atoms with Gasteiger partial charge in [-0.05, 0) is 0 Å². The highest BCUT2D eigenvalue weighted by molar-refractivity contribution is 7.31. The van der Waals surface area contributed by atoms with Crippen LogP contribution >= 0.6 is 20.1 Å². The van der Waals surface area contributed by atoms with Gasteiger partial charge in [0.15, 0.2) is 0 Å². The molecule has 0 unspecified atom stereocenters. The number of hydrogen-bond donors (Lipinski definition) is 0. The molecule has 0 saturated heterocycles. The Kier molecular flexibility index (Phi) is 4.97. The SMILES string of the molecule is C[SiH](C)[O][Al]([Cl])[Cl]. The van der Waals surface area contributed by atoms with Crippen molar-refractivity contribution < 1.29 is 3.48 Å².